The van der Waals surface area contributed by atoms with E-state index in [2.05, 4.69) is 23.3 Å². The number of aromatic nitrogens is 3. The number of methoxy groups -OCH3 is 1. The predicted octanol–water partition coefficient (Wildman–Crippen LogP) is 3.69. The zero-order valence-electron chi connectivity index (χ0n) is 13.4. The van der Waals surface area contributed by atoms with E-state index >= 15 is 0 Å². The normalized spacial score (nSPS) is 12.8. The molecule has 0 amide bonds. The Bertz CT molecular complexity index is 1110. The van der Waals surface area contributed by atoms with Crippen molar-refractivity contribution in [3.63, 3.8) is 0 Å². The Morgan fingerprint density at radius 2 is 2.12 bits per heavy atom. The Morgan fingerprint density at radius 1 is 1.21 bits per heavy atom. The van der Waals surface area contributed by atoms with Gasteiger partial charge in [0.2, 0.25) is 0 Å². The third kappa shape index (κ3) is 1.69. The van der Waals surface area contributed by atoms with Gasteiger partial charge in [-0.05, 0) is 24.3 Å². The number of para-hydroxylation sites is 1. The van der Waals surface area contributed by atoms with Crippen LogP contribution in [0.4, 0.5) is 0 Å². The molecule has 5 heteroatoms. The van der Waals surface area contributed by atoms with Crippen LogP contribution < -0.4 is 9.47 Å². The summed E-state index contributed by atoms with van der Waals surface area (Å²) in [5.74, 6) is 1.50. The minimum Gasteiger partial charge on any atom is -0.493 e. The molecule has 2 aromatic carbocycles. The lowest BCUT2D eigenvalue weighted by atomic mass is 9.99. The van der Waals surface area contributed by atoms with E-state index in [0.717, 1.165) is 50.1 Å². The maximum Gasteiger partial charge on any atom is 0.171 e. The van der Waals surface area contributed by atoms with E-state index in [9.17, 15) is 0 Å². The van der Waals surface area contributed by atoms with Crippen molar-refractivity contribution in [1.29, 1.82) is 0 Å². The van der Waals surface area contributed by atoms with Crippen molar-refractivity contribution < 1.29 is 9.47 Å². The Morgan fingerprint density at radius 3 is 3.00 bits per heavy atom. The van der Waals surface area contributed by atoms with Gasteiger partial charge in [0.05, 0.1) is 30.0 Å². The Balaban J connectivity index is 1.86. The highest BCUT2D eigenvalue weighted by Gasteiger charge is 2.23. The van der Waals surface area contributed by atoms with E-state index in [1.54, 1.807) is 7.11 Å². The number of fused-ring (bicyclic) bond motifs is 6. The van der Waals surface area contributed by atoms with Crippen molar-refractivity contribution in [2.75, 3.05) is 7.11 Å². The molecule has 0 spiro atoms. The molecular formula is C19H15N3O2. The molecule has 0 bridgehead atoms. The fourth-order valence-electron chi connectivity index (χ4n) is 3.42. The van der Waals surface area contributed by atoms with Crippen LogP contribution in [0.15, 0.2) is 42.6 Å². The first-order valence-electron chi connectivity index (χ1n) is 7.81. The molecule has 4 aromatic rings. The highest BCUT2D eigenvalue weighted by molar-refractivity contribution is 6.05. The minimum absolute atomic E-state index is 0.497. The van der Waals surface area contributed by atoms with Crippen LogP contribution in [0.2, 0.25) is 0 Å². The van der Waals surface area contributed by atoms with E-state index in [0.29, 0.717) is 6.61 Å². The lowest BCUT2D eigenvalue weighted by Gasteiger charge is -2.22. The molecule has 3 heterocycles. The average Bonchev–Trinajstić information content (AvgIpc) is 3.01. The molecule has 5 rings (SSSR count). The predicted molar refractivity (Wildman–Crippen MR) is 92.3 cm³/mol. The summed E-state index contributed by atoms with van der Waals surface area (Å²) in [6.07, 6.45) is 1.88. The van der Waals surface area contributed by atoms with Crippen molar-refractivity contribution >= 4 is 21.8 Å². The van der Waals surface area contributed by atoms with Gasteiger partial charge in [0.1, 0.15) is 6.61 Å². The van der Waals surface area contributed by atoms with Gasteiger partial charge in [-0.2, -0.15) is 5.10 Å². The quantitative estimate of drug-likeness (QED) is 0.537. The first kappa shape index (κ1) is 13.4. The van der Waals surface area contributed by atoms with Crippen molar-refractivity contribution in [2.45, 2.75) is 6.61 Å². The molecule has 0 atom stereocenters. The lowest BCUT2D eigenvalue weighted by molar-refractivity contribution is 0.280. The topological polar surface area (TPSA) is 49.2 Å². The summed E-state index contributed by atoms with van der Waals surface area (Å²) in [7, 11) is 3.60. The maximum absolute atomic E-state index is 5.93. The van der Waals surface area contributed by atoms with Crippen LogP contribution in [0.1, 0.15) is 5.56 Å². The van der Waals surface area contributed by atoms with Crippen LogP contribution in [-0.4, -0.2) is 21.9 Å². The van der Waals surface area contributed by atoms with E-state index in [1.807, 2.05) is 36.1 Å². The molecular weight excluding hydrogens is 302 g/mol. The number of hydrogen-bond donors (Lipinski definition) is 0. The Labute approximate surface area is 138 Å². The summed E-state index contributed by atoms with van der Waals surface area (Å²) >= 11 is 0. The third-order valence-corrected chi connectivity index (χ3v) is 4.62. The fourth-order valence-corrected chi connectivity index (χ4v) is 3.42. The van der Waals surface area contributed by atoms with E-state index in [4.69, 9.17) is 14.5 Å². The second-order valence-corrected chi connectivity index (χ2v) is 5.96. The molecule has 0 fully saturated rings. The van der Waals surface area contributed by atoms with Crippen LogP contribution >= 0.6 is 0 Å². The van der Waals surface area contributed by atoms with Crippen LogP contribution in [-0.2, 0) is 13.7 Å². The van der Waals surface area contributed by atoms with E-state index in [1.165, 1.54) is 0 Å². The number of rotatable bonds is 1. The van der Waals surface area contributed by atoms with Gasteiger partial charge >= 0.3 is 0 Å². The zero-order chi connectivity index (χ0) is 16.3. The molecule has 0 radical (unpaired) electrons. The molecule has 0 aliphatic carbocycles. The molecule has 1 aliphatic rings. The summed E-state index contributed by atoms with van der Waals surface area (Å²) in [6.45, 7) is 0.497. The van der Waals surface area contributed by atoms with Gasteiger partial charge in [0, 0.05) is 28.9 Å². The standard InChI is InChI=1S/C19H15N3O2/c1-22-15-7-6-11-8-12-10-24-19-13(4-3-5-16(19)23-2)18(12)21-17(11)14(15)9-20-22/h3-9H,10H2,1-2H3. The molecule has 0 unspecified atom stereocenters. The van der Waals surface area contributed by atoms with Crippen molar-refractivity contribution in [3.8, 4) is 22.8 Å². The average molecular weight is 317 g/mol. The van der Waals surface area contributed by atoms with Crippen LogP contribution in [0.25, 0.3) is 33.1 Å². The number of benzene rings is 2. The summed E-state index contributed by atoms with van der Waals surface area (Å²) in [4.78, 5) is 4.99. The van der Waals surface area contributed by atoms with Gasteiger partial charge in [0.15, 0.2) is 11.5 Å². The first-order valence-corrected chi connectivity index (χ1v) is 7.81. The molecule has 5 nitrogen and oxygen atoms in total. The molecule has 0 N–H and O–H groups in total. The van der Waals surface area contributed by atoms with Gasteiger partial charge in [-0.15, -0.1) is 0 Å². The van der Waals surface area contributed by atoms with Crippen molar-refractivity contribution in [3.05, 3.63) is 48.2 Å². The SMILES string of the molecule is COc1cccc2c1OCc1cc3ccc4c(cnn4C)c3nc1-2. The van der Waals surface area contributed by atoms with Crippen LogP contribution in [0.3, 0.4) is 0 Å². The van der Waals surface area contributed by atoms with Crippen LogP contribution in [0, 0.1) is 0 Å². The number of nitrogens with zero attached hydrogens (tertiary/aromatic N) is 3. The van der Waals surface area contributed by atoms with Gasteiger partial charge < -0.3 is 9.47 Å². The summed E-state index contributed by atoms with van der Waals surface area (Å²) in [6, 6.07) is 12.2. The van der Waals surface area contributed by atoms with Crippen molar-refractivity contribution in [2.24, 2.45) is 7.05 Å². The first-order chi connectivity index (χ1) is 11.8. The number of hydrogen-bond acceptors (Lipinski definition) is 4. The van der Waals surface area contributed by atoms with Gasteiger partial charge in [-0.3, -0.25) is 4.68 Å². The lowest BCUT2D eigenvalue weighted by Crippen LogP contribution is -2.08. The highest BCUT2D eigenvalue weighted by Crippen LogP contribution is 2.43. The van der Waals surface area contributed by atoms with Gasteiger partial charge in [-0.1, -0.05) is 12.1 Å². The third-order valence-electron chi connectivity index (χ3n) is 4.62. The number of pyridine rings is 1. The van der Waals surface area contributed by atoms with E-state index in [-0.39, 0.29) is 0 Å². The Kier molecular flexibility index (Phi) is 2.62. The summed E-state index contributed by atoms with van der Waals surface area (Å²) in [5.41, 5.74) is 5.06. The minimum atomic E-state index is 0.497. The molecule has 2 aromatic heterocycles. The fraction of sp³-hybridized carbons (Fsp3) is 0.158. The monoisotopic (exact) mass is 317 g/mol. The molecule has 118 valence electrons. The second kappa shape index (κ2) is 4.71. The molecule has 24 heavy (non-hydrogen) atoms. The number of aryl methyl sites for hydroxylation is 1. The molecule has 0 saturated carbocycles. The summed E-state index contributed by atoms with van der Waals surface area (Å²) in [5, 5.41) is 6.53. The molecule has 1 aliphatic heterocycles. The van der Waals surface area contributed by atoms with Crippen LogP contribution in [0.5, 0.6) is 11.5 Å². The molecule has 0 saturated heterocycles. The largest absolute Gasteiger partial charge is 0.493 e. The van der Waals surface area contributed by atoms with Gasteiger partial charge in [-0.25, -0.2) is 4.98 Å². The smallest absolute Gasteiger partial charge is 0.171 e. The summed E-state index contributed by atoms with van der Waals surface area (Å²) < 4.78 is 13.2. The maximum atomic E-state index is 5.93. The highest BCUT2D eigenvalue weighted by atomic mass is 16.5. The second-order valence-electron chi connectivity index (χ2n) is 5.96. The van der Waals surface area contributed by atoms with E-state index < -0.39 is 0 Å². The Hall–Kier alpha value is -3.08. The number of ether oxygens (including phenoxy) is 2. The van der Waals surface area contributed by atoms with Gasteiger partial charge in [0.25, 0.3) is 0 Å². The van der Waals surface area contributed by atoms with Crippen molar-refractivity contribution in [1.82, 2.24) is 14.8 Å². The zero-order valence-corrected chi connectivity index (χ0v) is 13.4.